The number of alkyl halides is 4. The van der Waals surface area contributed by atoms with Gasteiger partial charge in [-0.15, -0.1) is 0 Å². The Balaban J connectivity index is 1.84. The van der Waals surface area contributed by atoms with Gasteiger partial charge in [0.2, 0.25) is 15.9 Å². The van der Waals surface area contributed by atoms with Crippen LogP contribution < -0.4 is 5.32 Å². The average Bonchev–Trinajstić information content (AvgIpc) is 2.89. The van der Waals surface area contributed by atoms with Crippen LogP contribution >= 0.6 is 0 Å². The highest BCUT2D eigenvalue weighted by Gasteiger charge is 2.40. The van der Waals surface area contributed by atoms with Crippen LogP contribution in [0.2, 0.25) is 0 Å². The molecule has 8 nitrogen and oxygen atoms in total. The van der Waals surface area contributed by atoms with Gasteiger partial charge in [-0.3, -0.25) is 9.78 Å². The monoisotopic (exact) mass is 571 g/mol. The SMILES string of the molecule is CCN(C(C(=O)NCc1cc(-c2ccc(C(F)(F)F)nc2)ncn1)C(C)C(C)F)S(=O)(=O)c1ccc(F)cc1. The Kier molecular flexibility index (Phi) is 9.33. The summed E-state index contributed by atoms with van der Waals surface area (Å²) in [6, 6.07) is 6.03. The molecule has 3 aromatic rings. The predicted octanol–water partition coefficient (Wildman–Crippen LogP) is 4.39. The molecule has 1 N–H and O–H groups in total. The first kappa shape index (κ1) is 30.0. The lowest BCUT2D eigenvalue weighted by Gasteiger charge is -2.33. The number of aromatic nitrogens is 3. The van der Waals surface area contributed by atoms with Gasteiger partial charge in [-0.05, 0) is 49.4 Å². The number of carbonyl (C=O) groups is 1. The highest BCUT2D eigenvalue weighted by molar-refractivity contribution is 7.89. The quantitative estimate of drug-likeness (QED) is 0.362. The zero-order chi connectivity index (χ0) is 29.0. The van der Waals surface area contributed by atoms with E-state index < -0.39 is 51.7 Å². The van der Waals surface area contributed by atoms with Crippen LogP contribution in [0.25, 0.3) is 11.3 Å². The molecule has 0 bridgehead atoms. The summed E-state index contributed by atoms with van der Waals surface area (Å²) in [6.45, 7) is 3.72. The van der Waals surface area contributed by atoms with E-state index in [2.05, 4.69) is 20.3 Å². The van der Waals surface area contributed by atoms with Gasteiger partial charge in [0.1, 0.15) is 30.1 Å². The van der Waals surface area contributed by atoms with E-state index in [1.54, 1.807) is 0 Å². The number of hydrogen-bond donors (Lipinski definition) is 1. The molecule has 14 heteroatoms. The molecule has 0 saturated heterocycles. The fourth-order valence-electron chi connectivity index (χ4n) is 3.79. The van der Waals surface area contributed by atoms with E-state index in [4.69, 9.17) is 0 Å². The molecular formula is C25H26F5N5O3S. The third-order valence-corrected chi connectivity index (χ3v) is 8.02. The molecule has 0 fully saturated rings. The summed E-state index contributed by atoms with van der Waals surface area (Å²) >= 11 is 0. The molecule has 0 saturated carbocycles. The van der Waals surface area contributed by atoms with Crippen LogP contribution in [0.5, 0.6) is 0 Å². The van der Waals surface area contributed by atoms with Crippen LogP contribution in [0.3, 0.4) is 0 Å². The Hall–Kier alpha value is -3.52. The second-order valence-electron chi connectivity index (χ2n) is 8.69. The number of sulfonamides is 1. The number of benzene rings is 1. The van der Waals surface area contributed by atoms with Gasteiger partial charge in [-0.25, -0.2) is 27.2 Å². The number of amides is 1. The minimum absolute atomic E-state index is 0.173. The van der Waals surface area contributed by atoms with Gasteiger partial charge in [0.25, 0.3) is 0 Å². The number of carbonyl (C=O) groups excluding carboxylic acids is 1. The number of rotatable bonds is 10. The molecule has 0 aliphatic carbocycles. The third-order valence-electron chi connectivity index (χ3n) is 6.05. The predicted molar refractivity (Wildman–Crippen MR) is 132 cm³/mol. The van der Waals surface area contributed by atoms with Gasteiger partial charge < -0.3 is 5.32 Å². The second kappa shape index (κ2) is 12.1. The van der Waals surface area contributed by atoms with Crippen molar-refractivity contribution in [1.29, 1.82) is 0 Å². The standard InChI is InChI=1S/C25H26F5N5O3S/c1-4-35(39(37,38)20-8-6-18(27)7-9-20)23(15(2)16(3)26)24(36)32-13-19-11-21(34-14-33-19)17-5-10-22(31-12-17)25(28,29)30/h5-12,14-16,23H,4,13H2,1-3H3,(H,32,36). The van der Waals surface area contributed by atoms with Crippen LogP contribution in [0.4, 0.5) is 22.0 Å². The van der Waals surface area contributed by atoms with E-state index in [9.17, 15) is 35.2 Å². The number of nitrogens with one attached hydrogen (secondary N) is 1. The highest BCUT2D eigenvalue weighted by atomic mass is 32.2. The van der Waals surface area contributed by atoms with E-state index in [0.717, 1.165) is 47.2 Å². The lowest BCUT2D eigenvalue weighted by atomic mass is 9.96. The van der Waals surface area contributed by atoms with Crippen molar-refractivity contribution in [3.63, 3.8) is 0 Å². The molecule has 0 spiro atoms. The summed E-state index contributed by atoms with van der Waals surface area (Å²) in [6.07, 6.45) is -4.00. The summed E-state index contributed by atoms with van der Waals surface area (Å²) in [5, 5.41) is 2.56. The van der Waals surface area contributed by atoms with Crippen molar-refractivity contribution in [2.75, 3.05) is 6.54 Å². The lowest BCUT2D eigenvalue weighted by molar-refractivity contribution is -0.141. The normalized spacial score (nSPS) is 14.6. The van der Waals surface area contributed by atoms with Crippen molar-refractivity contribution in [1.82, 2.24) is 24.6 Å². The molecule has 2 heterocycles. The largest absolute Gasteiger partial charge is 0.433 e. The van der Waals surface area contributed by atoms with Gasteiger partial charge in [0.05, 0.1) is 22.8 Å². The third kappa shape index (κ3) is 7.12. The maximum Gasteiger partial charge on any atom is 0.433 e. The lowest BCUT2D eigenvalue weighted by Crippen LogP contribution is -2.54. The Labute approximate surface area is 222 Å². The molecule has 3 rings (SSSR count). The van der Waals surface area contributed by atoms with Gasteiger partial charge in [-0.1, -0.05) is 13.8 Å². The van der Waals surface area contributed by atoms with Gasteiger partial charge in [0, 0.05) is 24.2 Å². The molecule has 3 atom stereocenters. The van der Waals surface area contributed by atoms with Gasteiger partial charge in [-0.2, -0.15) is 17.5 Å². The number of pyridine rings is 1. The number of likely N-dealkylation sites (N-methyl/N-ethyl adjacent to an activating group) is 1. The second-order valence-corrected chi connectivity index (χ2v) is 10.6. The van der Waals surface area contributed by atoms with Crippen LogP contribution in [-0.4, -0.2) is 52.3 Å². The molecule has 0 aliphatic rings. The number of nitrogens with zero attached hydrogens (tertiary/aromatic N) is 4. The first-order chi connectivity index (χ1) is 18.3. The maximum atomic E-state index is 14.4. The minimum Gasteiger partial charge on any atom is -0.349 e. The summed E-state index contributed by atoms with van der Waals surface area (Å²) < 4.78 is 93.6. The van der Waals surface area contributed by atoms with Crippen molar-refractivity contribution < 1.29 is 35.2 Å². The zero-order valence-electron chi connectivity index (χ0n) is 21.2. The highest BCUT2D eigenvalue weighted by Crippen LogP contribution is 2.29. The van der Waals surface area contributed by atoms with Gasteiger partial charge in [0.15, 0.2) is 0 Å². The van der Waals surface area contributed by atoms with Crippen LogP contribution in [0.1, 0.15) is 32.2 Å². The summed E-state index contributed by atoms with van der Waals surface area (Å²) in [7, 11) is -4.30. The van der Waals surface area contributed by atoms with E-state index in [1.807, 2.05) is 0 Å². The molecule has 0 radical (unpaired) electrons. The van der Waals surface area contributed by atoms with E-state index in [1.165, 1.54) is 32.9 Å². The van der Waals surface area contributed by atoms with Crippen LogP contribution in [0, 0.1) is 11.7 Å². The smallest absolute Gasteiger partial charge is 0.349 e. The zero-order valence-corrected chi connectivity index (χ0v) is 22.0. The molecule has 39 heavy (non-hydrogen) atoms. The van der Waals surface area contributed by atoms with Crippen LogP contribution in [-0.2, 0) is 27.5 Å². The molecule has 1 amide bonds. The fourth-order valence-corrected chi connectivity index (χ4v) is 5.47. The number of halogens is 5. The number of hydrogen-bond acceptors (Lipinski definition) is 6. The summed E-state index contributed by atoms with van der Waals surface area (Å²) in [5.41, 5.74) is -0.284. The van der Waals surface area contributed by atoms with Crippen molar-refractivity contribution >= 4 is 15.9 Å². The molecule has 2 aromatic heterocycles. The molecule has 1 aromatic carbocycles. The average molecular weight is 572 g/mol. The van der Waals surface area contributed by atoms with Crippen molar-refractivity contribution in [2.24, 2.45) is 5.92 Å². The van der Waals surface area contributed by atoms with Crippen molar-refractivity contribution in [3.8, 4) is 11.3 Å². The molecule has 0 aliphatic heterocycles. The van der Waals surface area contributed by atoms with Gasteiger partial charge >= 0.3 is 6.18 Å². The Morgan fingerprint density at radius 3 is 2.26 bits per heavy atom. The minimum atomic E-state index is -4.60. The topological polar surface area (TPSA) is 105 Å². The first-order valence-electron chi connectivity index (χ1n) is 11.8. The summed E-state index contributed by atoms with van der Waals surface area (Å²) in [4.78, 5) is 24.5. The van der Waals surface area contributed by atoms with Crippen LogP contribution in [0.15, 0.2) is 59.9 Å². The molecule has 210 valence electrons. The fraction of sp³-hybridized carbons (Fsp3) is 0.360. The van der Waals surface area contributed by atoms with E-state index >= 15 is 0 Å². The maximum absolute atomic E-state index is 14.4. The molecular weight excluding hydrogens is 545 g/mol. The Morgan fingerprint density at radius 1 is 1.05 bits per heavy atom. The Morgan fingerprint density at radius 2 is 1.72 bits per heavy atom. The molecule has 3 unspecified atom stereocenters. The Bertz CT molecular complexity index is 1380. The summed E-state index contributed by atoms with van der Waals surface area (Å²) in [5.74, 6) is -2.50. The van der Waals surface area contributed by atoms with Crippen molar-refractivity contribution in [2.45, 2.75) is 50.6 Å². The van der Waals surface area contributed by atoms with E-state index in [0.29, 0.717) is 0 Å². The van der Waals surface area contributed by atoms with Crippen molar-refractivity contribution in [3.05, 3.63) is 72.2 Å². The first-order valence-corrected chi connectivity index (χ1v) is 13.2. The van der Waals surface area contributed by atoms with E-state index in [-0.39, 0.29) is 34.9 Å².